The predicted octanol–water partition coefficient (Wildman–Crippen LogP) is 0.948. The molecule has 0 aromatic carbocycles. The van der Waals surface area contributed by atoms with Crippen molar-refractivity contribution in [3.05, 3.63) is 35.7 Å². The molecule has 2 aromatic rings. The van der Waals surface area contributed by atoms with Crippen LogP contribution in [0.5, 0.6) is 0 Å². The first-order valence-electron chi connectivity index (χ1n) is 4.14. The highest BCUT2D eigenvalue weighted by Gasteiger charge is 2.17. The number of imidazole rings is 1. The molecule has 0 saturated heterocycles. The SMILES string of the molecule is Cc1cc(C(=O)c2nccn2C)no1. The minimum atomic E-state index is -0.227. The molecule has 0 amide bonds. The van der Waals surface area contributed by atoms with Crippen molar-refractivity contribution < 1.29 is 9.32 Å². The maximum Gasteiger partial charge on any atom is 0.250 e. The molecular weight excluding hydrogens is 182 g/mol. The Bertz CT molecular complexity index is 470. The first kappa shape index (κ1) is 8.68. The van der Waals surface area contributed by atoms with Gasteiger partial charge >= 0.3 is 0 Å². The summed E-state index contributed by atoms with van der Waals surface area (Å²) in [5.41, 5.74) is 0.289. The highest BCUT2D eigenvalue weighted by atomic mass is 16.5. The van der Waals surface area contributed by atoms with E-state index in [1.807, 2.05) is 0 Å². The number of carbonyl (C=O) groups excluding carboxylic acids is 1. The molecule has 0 aliphatic carbocycles. The number of nitrogens with zero attached hydrogens (tertiary/aromatic N) is 3. The molecule has 0 fully saturated rings. The second kappa shape index (κ2) is 3.10. The lowest BCUT2D eigenvalue weighted by molar-refractivity contribution is 0.101. The van der Waals surface area contributed by atoms with Crippen molar-refractivity contribution in [3.63, 3.8) is 0 Å². The van der Waals surface area contributed by atoms with Gasteiger partial charge in [0.05, 0.1) is 0 Å². The first-order valence-corrected chi connectivity index (χ1v) is 4.14. The van der Waals surface area contributed by atoms with Crippen molar-refractivity contribution in [2.45, 2.75) is 6.92 Å². The highest BCUT2D eigenvalue weighted by Crippen LogP contribution is 2.07. The van der Waals surface area contributed by atoms with Crippen LogP contribution in [0.2, 0.25) is 0 Å². The monoisotopic (exact) mass is 191 g/mol. The Morgan fingerprint density at radius 2 is 2.36 bits per heavy atom. The molecule has 5 nitrogen and oxygen atoms in total. The molecule has 0 saturated carbocycles. The van der Waals surface area contributed by atoms with Crippen LogP contribution >= 0.6 is 0 Å². The fraction of sp³-hybridized carbons (Fsp3) is 0.222. The van der Waals surface area contributed by atoms with Gasteiger partial charge in [0.15, 0.2) is 11.5 Å². The molecule has 0 atom stereocenters. The summed E-state index contributed by atoms with van der Waals surface area (Å²) in [5.74, 6) is 0.746. The highest BCUT2D eigenvalue weighted by molar-refractivity contribution is 6.05. The predicted molar refractivity (Wildman–Crippen MR) is 47.9 cm³/mol. The Labute approximate surface area is 80.3 Å². The van der Waals surface area contributed by atoms with Crippen molar-refractivity contribution in [1.29, 1.82) is 0 Å². The lowest BCUT2D eigenvalue weighted by Gasteiger charge is -1.95. The molecule has 0 spiro atoms. The van der Waals surface area contributed by atoms with Crippen molar-refractivity contribution in [3.8, 4) is 0 Å². The molecule has 0 N–H and O–H groups in total. The number of rotatable bonds is 2. The minimum absolute atomic E-state index is 0.227. The summed E-state index contributed by atoms with van der Waals surface area (Å²) < 4.78 is 6.46. The molecule has 72 valence electrons. The van der Waals surface area contributed by atoms with Crippen molar-refractivity contribution in [2.75, 3.05) is 0 Å². The number of ketones is 1. The number of hydrogen-bond acceptors (Lipinski definition) is 4. The van der Waals surface area contributed by atoms with Gasteiger partial charge in [-0.2, -0.15) is 0 Å². The van der Waals surface area contributed by atoms with Crippen LogP contribution in [0.1, 0.15) is 22.1 Å². The van der Waals surface area contributed by atoms with Gasteiger partial charge in [0.2, 0.25) is 5.78 Å². The van der Waals surface area contributed by atoms with Crippen LogP contribution < -0.4 is 0 Å². The second-order valence-corrected chi connectivity index (χ2v) is 3.01. The van der Waals surface area contributed by atoms with Crippen molar-refractivity contribution in [2.24, 2.45) is 7.05 Å². The quantitative estimate of drug-likeness (QED) is 0.663. The molecule has 0 aliphatic heterocycles. The van der Waals surface area contributed by atoms with Gasteiger partial charge in [-0.25, -0.2) is 4.98 Å². The summed E-state index contributed by atoms with van der Waals surface area (Å²) in [6, 6.07) is 1.59. The lowest BCUT2D eigenvalue weighted by atomic mass is 10.2. The molecule has 14 heavy (non-hydrogen) atoms. The van der Waals surface area contributed by atoms with E-state index in [9.17, 15) is 4.79 Å². The average molecular weight is 191 g/mol. The van der Waals surface area contributed by atoms with E-state index in [4.69, 9.17) is 4.52 Å². The van der Waals surface area contributed by atoms with Crippen LogP contribution in [0.3, 0.4) is 0 Å². The lowest BCUT2D eigenvalue weighted by Crippen LogP contribution is -2.08. The van der Waals surface area contributed by atoms with Gasteiger partial charge in [-0.3, -0.25) is 4.79 Å². The Morgan fingerprint density at radius 1 is 1.57 bits per heavy atom. The number of carbonyl (C=O) groups is 1. The number of hydrogen-bond donors (Lipinski definition) is 0. The van der Waals surface area contributed by atoms with E-state index >= 15 is 0 Å². The van der Waals surface area contributed by atoms with E-state index in [1.54, 1.807) is 37.0 Å². The number of aromatic nitrogens is 3. The first-order chi connectivity index (χ1) is 6.68. The van der Waals surface area contributed by atoms with Gasteiger partial charge in [0, 0.05) is 25.5 Å². The summed E-state index contributed by atoms with van der Waals surface area (Å²) >= 11 is 0. The van der Waals surface area contributed by atoms with Crippen LogP contribution in [0, 0.1) is 6.92 Å². The van der Waals surface area contributed by atoms with E-state index < -0.39 is 0 Å². The van der Waals surface area contributed by atoms with Crippen molar-refractivity contribution >= 4 is 5.78 Å². The summed E-state index contributed by atoms with van der Waals surface area (Å²) in [6.07, 6.45) is 3.28. The summed E-state index contributed by atoms with van der Waals surface area (Å²) in [5, 5.41) is 3.63. The molecular formula is C9H9N3O2. The largest absolute Gasteiger partial charge is 0.361 e. The van der Waals surface area contributed by atoms with Crippen LogP contribution in [-0.4, -0.2) is 20.5 Å². The molecule has 2 aromatic heterocycles. The fourth-order valence-electron chi connectivity index (χ4n) is 1.17. The average Bonchev–Trinajstić information content (AvgIpc) is 2.73. The third-order valence-corrected chi connectivity index (χ3v) is 1.88. The summed E-state index contributed by atoms with van der Waals surface area (Å²) in [6.45, 7) is 1.74. The molecule has 5 heteroatoms. The Balaban J connectivity index is 2.38. The zero-order valence-electron chi connectivity index (χ0n) is 7.89. The van der Waals surface area contributed by atoms with Gasteiger partial charge in [0.1, 0.15) is 5.76 Å². The second-order valence-electron chi connectivity index (χ2n) is 3.01. The standard InChI is InChI=1S/C9H9N3O2/c1-6-5-7(11-14-6)8(13)9-10-3-4-12(9)2/h3-5H,1-2H3. The van der Waals surface area contributed by atoms with Crippen LogP contribution in [-0.2, 0) is 7.05 Å². The molecule has 0 radical (unpaired) electrons. The summed E-state index contributed by atoms with van der Waals surface area (Å²) in [4.78, 5) is 15.7. The molecule has 2 rings (SSSR count). The van der Waals surface area contributed by atoms with Gasteiger partial charge in [-0.1, -0.05) is 5.16 Å². The molecule has 0 aliphatic rings. The van der Waals surface area contributed by atoms with Gasteiger partial charge in [0.25, 0.3) is 0 Å². The molecule has 0 bridgehead atoms. The Kier molecular flexibility index (Phi) is 1.92. The maximum absolute atomic E-state index is 11.7. The van der Waals surface area contributed by atoms with Gasteiger partial charge in [-0.15, -0.1) is 0 Å². The number of aryl methyl sites for hydroxylation is 2. The third-order valence-electron chi connectivity index (χ3n) is 1.88. The molecule has 0 unspecified atom stereocenters. The van der Waals surface area contributed by atoms with Crippen LogP contribution in [0.15, 0.2) is 23.0 Å². The normalized spacial score (nSPS) is 10.4. The Morgan fingerprint density at radius 3 is 2.86 bits per heavy atom. The maximum atomic E-state index is 11.7. The van der Waals surface area contributed by atoms with E-state index in [2.05, 4.69) is 10.1 Å². The summed E-state index contributed by atoms with van der Waals surface area (Å²) in [7, 11) is 1.76. The van der Waals surface area contributed by atoms with E-state index in [1.165, 1.54) is 0 Å². The Hall–Kier alpha value is -1.91. The zero-order valence-corrected chi connectivity index (χ0v) is 7.89. The van der Waals surface area contributed by atoms with E-state index in [0.29, 0.717) is 11.6 Å². The van der Waals surface area contributed by atoms with E-state index in [0.717, 1.165) is 0 Å². The van der Waals surface area contributed by atoms with Gasteiger partial charge in [-0.05, 0) is 6.92 Å². The third kappa shape index (κ3) is 1.32. The van der Waals surface area contributed by atoms with Gasteiger partial charge < -0.3 is 9.09 Å². The van der Waals surface area contributed by atoms with Crippen LogP contribution in [0.25, 0.3) is 0 Å². The van der Waals surface area contributed by atoms with E-state index in [-0.39, 0.29) is 11.5 Å². The fourth-order valence-corrected chi connectivity index (χ4v) is 1.17. The minimum Gasteiger partial charge on any atom is -0.361 e. The zero-order chi connectivity index (χ0) is 10.1. The molecule has 2 heterocycles. The van der Waals surface area contributed by atoms with Crippen molar-refractivity contribution in [1.82, 2.24) is 14.7 Å². The van der Waals surface area contributed by atoms with Crippen LogP contribution in [0.4, 0.5) is 0 Å². The smallest absolute Gasteiger partial charge is 0.250 e. The topological polar surface area (TPSA) is 60.9 Å².